The predicted octanol–water partition coefficient (Wildman–Crippen LogP) is 7.25. The molecule has 5 heterocycles. The van der Waals surface area contributed by atoms with E-state index in [1.807, 2.05) is 67.5 Å². The van der Waals surface area contributed by atoms with Gasteiger partial charge in [-0.2, -0.15) is 0 Å². The number of carboxylic acid groups (broad SMARTS) is 1. The molecule has 5 rings (SSSR count). The van der Waals surface area contributed by atoms with Crippen molar-refractivity contribution in [2.24, 2.45) is 41.4 Å². The van der Waals surface area contributed by atoms with Gasteiger partial charge in [-0.05, 0) is 103 Å². The number of carboxylic acids is 1. The van der Waals surface area contributed by atoms with Gasteiger partial charge in [0, 0.05) is 43.2 Å². The van der Waals surface area contributed by atoms with Gasteiger partial charge in [-0.1, -0.05) is 61.5 Å². The molecule has 4 N–H and O–H groups in total. The van der Waals surface area contributed by atoms with Crippen LogP contribution in [0.1, 0.15) is 147 Å². The van der Waals surface area contributed by atoms with E-state index in [9.17, 15) is 29.7 Å². The highest BCUT2D eigenvalue weighted by molar-refractivity contribution is 5.84. The molecule has 60 heavy (non-hydrogen) atoms. The Morgan fingerprint density at radius 1 is 0.867 bits per heavy atom. The third-order valence-corrected chi connectivity index (χ3v) is 15.8. The van der Waals surface area contributed by atoms with Crippen molar-refractivity contribution in [1.29, 1.82) is 0 Å². The van der Waals surface area contributed by atoms with E-state index in [0.29, 0.717) is 70.9 Å². The minimum absolute atomic E-state index is 0.0111. The fraction of sp³-hybridized carbons (Fsp3) is 0.894. The molecule has 2 amide bonds. The largest absolute Gasteiger partial charge is 0.481 e. The molecular formula is C47H80N2O11. The Hall–Kier alpha value is -2.13. The minimum atomic E-state index is -1.31. The van der Waals surface area contributed by atoms with Crippen LogP contribution in [0.15, 0.2) is 12.2 Å². The van der Waals surface area contributed by atoms with Crippen molar-refractivity contribution in [3.8, 4) is 0 Å². The Bertz CT molecular complexity index is 1530. The number of rotatable bonds is 15. The molecule has 0 saturated carbocycles. The maximum atomic E-state index is 14.7. The third kappa shape index (κ3) is 9.39. The lowest BCUT2D eigenvalue weighted by Gasteiger charge is -2.55. The Balaban J connectivity index is 1.40. The van der Waals surface area contributed by atoms with Crippen molar-refractivity contribution in [3.05, 3.63) is 12.2 Å². The number of carbonyl (C=O) groups excluding carboxylic acids is 2. The van der Waals surface area contributed by atoms with Gasteiger partial charge in [0.25, 0.3) is 0 Å². The number of carbonyl (C=O) groups is 3. The number of Topliss-reactive ketones (excluding diaryl/α,β-unsaturated/α-hetero) is 1. The number of nitrogens with one attached hydrogen (secondary N) is 1. The average Bonchev–Trinajstić information content (AvgIpc) is 3.56. The van der Waals surface area contributed by atoms with Crippen LogP contribution in [-0.2, 0) is 33.3 Å². The van der Waals surface area contributed by atoms with Crippen LogP contribution in [0.4, 0.5) is 4.79 Å². The lowest BCUT2D eigenvalue weighted by molar-refractivity contribution is -0.398. The number of aliphatic carboxylic acids is 1. The molecule has 5 aliphatic heterocycles. The number of hydrogen-bond donors (Lipinski definition) is 4. The summed E-state index contributed by atoms with van der Waals surface area (Å²) in [7, 11) is 0. The number of urea groups is 1. The second kappa shape index (κ2) is 19.3. The van der Waals surface area contributed by atoms with E-state index >= 15 is 0 Å². The van der Waals surface area contributed by atoms with Crippen LogP contribution >= 0.6 is 0 Å². The van der Waals surface area contributed by atoms with E-state index in [0.717, 1.165) is 6.42 Å². The molecule has 13 heteroatoms. The molecule has 18 atom stereocenters. The van der Waals surface area contributed by atoms with Crippen LogP contribution in [0.25, 0.3) is 0 Å². The Morgan fingerprint density at radius 3 is 2.12 bits per heavy atom. The average molecular weight is 849 g/mol. The molecule has 13 nitrogen and oxygen atoms in total. The second-order valence-electron chi connectivity index (χ2n) is 19.6. The van der Waals surface area contributed by atoms with Crippen LogP contribution in [0.5, 0.6) is 0 Å². The summed E-state index contributed by atoms with van der Waals surface area (Å²) in [4.78, 5) is 42.0. The van der Waals surface area contributed by atoms with Crippen molar-refractivity contribution >= 4 is 17.8 Å². The predicted molar refractivity (Wildman–Crippen MR) is 228 cm³/mol. The Kier molecular flexibility index (Phi) is 15.7. The minimum Gasteiger partial charge on any atom is -0.481 e. The Labute approximate surface area is 360 Å². The van der Waals surface area contributed by atoms with Gasteiger partial charge in [-0.15, -0.1) is 0 Å². The van der Waals surface area contributed by atoms with E-state index < -0.39 is 76.8 Å². The number of aliphatic hydroxyl groups excluding tert-OH is 1. The lowest BCUT2D eigenvalue weighted by Crippen LogP contribution is -2.66. The van der Waals surface area contributed by atoms with E-state index in [1.165, 1.54) is 0 Å². The molecule has 4 saturated heterocycles. The normalized spacial score (nSPS) is 42.0. The van der Waals surface area contributed by atoms with Crippen LogP contribution in [0, 0.1) is 41.4 Å². The standard InChI is InChI=1S/C47H80N2O11/c1-13-33(42(52)53)35-19-18-27(6)40(57-35)31(10)38(50)30(9)39(51)34(14-2)41-28(7)26-29(8)46(58-41)23-20-36(48-43(54)49(16-4)17-5)47(60-46)25-24-44(12,59-47)37-21-22-45(55,15-3)32(11)56-37/h20,23,27-38,40-41,50,55H,13-19,21-22,24-26H2,1-12H3,(H,48,54)(H,52,53)/t27-,28-,29+,30-,31-,32-,33+,34-,35+,36+,37+,38+,40+,41-,44-,45+,46-,47-/m0/s1. The van der Waals surface area contributed by atoms with Gasteiger partial charge in [-0.25, -0.2) is 4.79 Å². The summed E-state index contributed by atoms with van der Waals surface area (Å²) in [6.45, 7) is 24.7. The van der Waals surface area contributed by atoms with Gasteiger partial charge in [0.05, 0.1) is 53.7 Å². The molecule has 2 spiro atoms. The quantitative estimate of drug-likeness (QED) is 0.122. The summed E-state index contributed by atoms with van der Waals surface area (Å²) in [5.41, 5.74) is -1.69. The van der Waals surface area contributed by atoms with Gasteiger partial charge in [0.1, 0.15) is 11.8 Å². The SMILES string of the molecule is CC[C@@H](C(=O)[C@@H](C)[C@@H](O)[C@H](C)[C@@H]1O[C@@H]([C@@H](CC)C(=O)O)CC[C@@H]1C)[C@H]1O[C@]2(C=C[C@@H](NC(=O)N(CC)CC)[C@]3(CC[C@@](C)([C@H]4CC[C@](O)(CC)[C@H](C)O4)O3)O2)[C@H](C)C[C@@H]1C. The number of hydrogen-bond acceptors (Lipinski definition) is 10. The molecule has 0 aromatic heterocycles. The van der Waals surface area contributed by atoms with Gasteiger partial charge in [-0.3, -0.25) is 9.59 Å². The highest BCUT2D eigenvalue weighted by atomic mass is 16.8. The summed E-state index contributed by atoms with van der Waals surface area (Å²) in [5.74, 6) is -5.90. The van der Waals surface area contributed by atoms with E-state index in [4.69, 9.17) is 23.7 Å². The van der Waals surface area contributed by atoms with E-state index in [1.54, 1.807) is 11.8 Å². The maximum Gasteiger partial charge on any atom is 0.318 e. The highest BCUT2D eigenvalue weighted by Gasteiger charge is 2.63. The zero-order chi connectivity index (χ0) is 44.5. The molecular weight excluding hydrogens is 769 g/mol. The zero-order valence-corrected chi connectivity index (χ0v) is 38.8. The summed E-state index contributed by atoms with van der Waals surface area (Å²) in [6, 6.07) is -0.868. The molecule has 0 aromatic carbocycles. The Morgan fingerprint density at radius 2 is 1.53 bits per heavy atom. The van der Waals surface area contributed by atoms with Crippen LogP contribution in [0.2, 0.25) is 0 Å². The molecule has 4 fully saturated rings. The van der Waals surface area contributed by atoms with Gasteiger partial charge < -0.3 is 49.2 Å². The summed E-state index contributed by atoms with van der Waals surface area (Å²) < 4.78 is 34.6. The van der Waals surface area contributed by atoms with E-state index in [2.05, 4.69) is 26.1 Å². The fourth-order valence-electron chi connectivity index (χ4n) is 11.4. The molecule has 0 unspecified atom stereocenters. The van der Waals surface area contributed by atoms with E-state index in [-0.39, 0.29) is 47.9 Å². The number of aliphatic hydroxyl groups is 2. The van der Waals surface area contributed by atoms with Crippen molar-refractivity contribution in [2.75, 3.05) is 13.1 Å². The van der Waals surface area contributed by atoms with Crippen molar-refractivity contribution in [2.45, 2.75) is 213 Å². The van der Waals surface area contributed by atoms with Crippen LogP contribution < -0.4 is 5.32 Å². The molecule has 5 aliphatic rings. The van der Waals surface area contributed by atoms with Crippen molar-refractivity contribution < 1.29 is 53.4 Å². The van der Waals surface area contributed by atoms with Crippen molar-refractivity contribution in [3.63, 3.8) is 0 Å². The van der Waals surface area contributed by atoms with Gasteiger partial charge in [0.2, 0.25) is 0 Å². The molecule has 0 aromatic rings. The van der Waals surface area contributed by atoms with Crippen molar-refractivity contribution in [1.82, 2.24) is 10.2 Å². The highest BCUT2D eigenvalue weighted by Crippen LogP contribution is 2.54. The summed E-state index contributed by atoms with van der Waals surface area (Å²) in [5, 5.41) is 36.1. The fourth-order valence-corrected chi connectivity index (χ4v) is 11.4. The first kappa shape index (κ1) is 48.9. The number of ether oxygens (including phenoxy) is 5. The first-order chi connectivity index (χ1) is 28.2. The monoisotopic (exact) mass is 849 g/mol. The summed E-state index contributed by atoms with van der Waals surface area (Å²) in [6.07, 6.45) is 6.71. The van der Waals surface area contributed by atoms with Crippen LogP contribution in [0.3, 0.4) is 0 Å². The molecule has 0 radical (unpaired) electrons. The zero-order valence-electron chi connectivity index (χ0n) is 38.8. The van der Waals surface area contributed by atoms with Gasteiger partial charge >= 0.3 is 12.0 Å². The molecule has 0 bridgehead atoms. The number of amides is 2. The topological polar surface area (TPSA) is 173 Å². The second-order valence-corrected chi connectivity index (χ2v) is 19.6. The van der Waals surface area contributed by atoms with Gasteiger partial charge in [0.15, 0.2) is 11.6 Å². The first-order valence-electron chi connectivity index (χ1n) is 23.5. The number of ketones is 1. The third-order valence-electron chi connectivity index (χ3n) is 15.8. The maximum absolute atomic E-state index is 14.7. The summed E-state index contributed by atoms with van der Waals surface area (Å²) >= 11 is 0. The van der Waals surface area contributed by atoms with Crippen LogP contribution in [-0.4, -0.2) is 117 Å². The molecule has 0 aliphatic carbocycles. The number of nitrogens with zero attached hydrogens (tertiary/aromatic N) is 1. The smallest absolute Gasteiger partial charge is 0.318 e. The first-order valence-corrected chi connectivity index (χ1v) is 23.5. The lowest BCUT2D eigenvalue weighted by atomic mass is 9.72. The molecule has 344 valence electrons.